The van der Waals surface area contributed by atoms with Crippen LogP contribution in [-0.2, 0) is 16.1 Å². The minimum absolute atomic E-state index is 0.00646. The summed E-state index contributed by atoms with van der Waals surface area (Å²) in [4.78, 5) is 49.8. The Morgan fingerprint density at radius 2 is 1.77 bits per heavy atom. The first-order chi connectivity index (χ1) is 12.1. The highest BCUT2D eigenvalue weighted by Crippen LogP contribution is 2.03. The maximum atomic E-state index is 12.4. The van der Waals surface area contributed by atoms with Crippen LogP contribution in [-0.4, -0.2) is 45.6 Å². The monoisotopic (exact) mass is 360 g/mol. The van der Waals surface area contributed by atoms with Gasteiger partial charge in [-0.15, -0.1) is 0 Å². The molecule has 2 rings (SSSR count). The summed E-state index contributed by atoms with van der Waals surface area (Å²) in [6.07, 6.45) is -0.00646. The zero-order valence-electron chi connectivity index (χ0n) is 15.5. The molecule has 0 aliphatic carbocycles. The maximum Gasteiger partial charge on any atom is 0.273 e. The number of aromatic amines is 1. The molecule has 1 aromatic carbocycles. The molecule has 8 nitrogen and oxygen atoms in total. The summed E-state index contributed by atoms with van der Waals surface area (Å²) in [5, 5.41) is 5.89. The molecule has 0 saturated heterocycles. The van der Waals surface area contributed by atoms with Crippen molar-refractivity contribution in [2.75, 3.05) is 13.6 Å². The van der Waals surface area contributed by atoms with Crippen LogP contribution in [0.4, 0.5) is 0 Å². The van der Waals surface area contributed by atoms with Gasteiger partial charge in [-0.25, -0.2) is 4.68 Å². The van der Waals surface area contributed by atoms with Crippen LogP contribution in [0.15, 0.2) is 33.9 Å². The molecule has 0 atom stereocenters. The van der Waals surface area contributed by atoms with Gasteiger partial charge in [0.2, 0.25) is 11.8 Å². The molecule has 140 valence electrons. The molecular weight excluding hydrogens is 336 g/mol. The number of hydrogen-bond acceptors (Lipinski definition) is 4. The molecule has 0 unspecified atom stereocenters. The van der Waals surface area contributed by atoms with Crippen LogP contribution in [0.25, 0.3) is 10.8 Å². The minimum atomic E-state index is -0.384. The fourth-order valence-electron chi connectivity index (χ4n) is 2.56. The third kappa shape index (κ3) is 4.81. The quantitative estimate of drug-likeness (QED) is 0.808. The van der Waals surface area contributed by atoms with Gasteiger partial charge in [0, 0.05) is 19.0 Å². The van der Waals surface area contributed by atoms with Gasteiger partial charge >= 0.3 is 0 Å². The van der Waals surface area contributed by atoms with Gasteiger partial charge in [-0.1, -0.05) is 12.1 Å². The number of rotatable bonds is 5. The topological polar surface area (TPSA) is 104 Å². The fourth-order valence-corrected chi connectivity index (χ4v) is 2.56. The Bertz CT molecular complexity index is 937. The number of carbonyl (C=O) groups is 2. The molecule has 1 aromatic heterocycles. The number of benzene rings is 1. The molecule has 0 saturated carbocycles. The summed E-state index contributed by atoms with van der Waals surface area (Å²) in [5.41, 5.74) is -1.12. The van der Waals surface area contributed by atoms with Gasteiger partial charge in [0.15, 0.2) is 0 Å². The summed E-state index contributed by atoms with van der Waals surface area (Å²) in [7, 11) is 1.52. The van der Waals surface area contributed by atoms with E-state index in [0.717, 1.165) is 4.68 Å². The van der Waals surface area contributed by atoms with Gasteiger partial charge in [0.05, 0.1) is 23.9 Å². The van der Waals surface area contributed by atoms with Crippen LogP contribution in [0.3, 0.4) is 0 Å². The predicted molar refractivity (Wildman–Crippen MR) is 99.0 cm³/mol. The van der Waals surface area contributed by atoms with Crippen molar-refractivity contribution < 1.29 is 9.59 Å². The maximum absolute atomic E-state index is 12.4. The lowest BCUT2D eigenvalue weighted by molar-refractivity contribution is -0.135. The first-order valence-corrected chi connectivity index (χ1v) is 8.35. The van der Waals surface area contributed by atoms with Gasteiger partial charge in [-0.3, -0.25) is 24.3 Å². The molecule has 2 N–H and O–H groups in total. The SMILES string of the molecule is CN(CC(=O)NC(C)(C)C)C(=O)CCn1[nH]c(=O)c2ccccc2c1=O. The van der Waals surface area contributed by atoms with Crippen LogP contribution >= 0.6 is 0 Å². The second-order valence-electron chi connectivity index (χ2n) is 7.24. The summed E-state index contributed by atoms with van der Waals surface area (Å²) in [6.45, 7) is 5.53. The van der Waals surface area contributed by atoms with Crippen LogP contribution < -0.4 is 16.4 Å². The third-order valence-electron chi connectivity index (χ3n) is 3.75. The molecule has 0 fully saturated rings. The van der Waals surface area contributed by atoms with Crippen molar-refractivity contribution in [3.63, 3.8) is 0 Å². The highest BCUT2D eigenvalue weighted by Gasteiger charge is 2.18. The highest BCUT2D eigenvalue weighted by atomic mass is 16.2. The van der Waals surface area contributed by atoms with Crippen LogP contribution in [0.1, 0.15) is 27.2 Å². The van der Waals surface area contributed by atoms with Gasteiger partial charge in [0.25, 0.3) is 11.1 Å². The second-order valence-corrected chi connectivity index (χ2v) is 7.24. The van der Waals surface area contributed by atoms with E-state index in [0.29, 0.717) is 10.8 Å². The van der Waals surface area contributed by atoms with Crippen molar-refractivity contribution in [2.24, 2.45) is 0 Å². The second kappa shape index (κ2) is 7.55. The lowest BCUT2D eigenvalue weighted by atomic mass is 10.1. The number of likely N-dealkylation sites (N-methyl/N-ethyl adjacent to an activating group) is 1. The van der Waals surface area contributed by atoms with Gasteiger partial charge in [-0.2, -0.15) is 0 Å². The van der Waals surface area contributed by atoms with E-state index in [9.17, 15) is 19.2 Å². The Morgan fingerprint density at radius 1 is 1.15 bits per heavy atom. The molecular formula is C18H24N4O4. The van der Waals surface area contributed by atoms with Crippen molar-refractivity contribution in [1.82, 2.24) is 20.0 Å². The smallest absolute Gasteiger partial charge is 0.273 e. The van der Waals surface area contributed by atoms with E-state index in [-0.39, 0.29) is 48.0 Å². The molecule has 2 amide bonds. The van der Waals surface area contributed by atoms with Crippen LogP contribution in [0.2, 0.25) is 0 Å². The molecule has 8 heteroatoms. The zero-order valence-corrected chi connectivity index (χ0v) is 15.5. The first-order valence-electron chi connectivity index (χ1n) is 8.35. The number of hydrogen-bond donors (Lipinski definition) is 2. The van der Waals surface area contributed by atoms with Crippen molar-refractivity contribution >= 4 is 22.6 Å². The molecule has 2 aromatic rings. The van der Waals surface area contributed by atoms with E-state index in [1.165, 1.54) is 11.9 Å². The van der Waals surface area contributed by atoms with Gasteiger partial charge in [-0.05, 0) is 32.9 Å². The molecule has 0 aliphatic heterocycles. The van der Waals surface area contributed by atoms with E-state index in [1.54, 1.807) is 24.3 Å². The molecule has 26 heavy (non-hydrogen) atoms. The summed E-state index contributed by atoms with van der Waals surface area (Å²) < 4.78 is 1.13. The average molecular weight is 360 g/mol. The van der Waals surface area contributed by atoms with Crippen molar-refractivity contribution in [3.05, 3.63) is 45.0 Å². The molecule has 0 aliphatic rings. The Hall–Kier alpha value is -2.90. The standard InChI is InChI=1S/C18H24N4O4/c1-18(2,3)19-14(23)11-21(4)15(24)9-10-22-17(26)13-8-6-5-7-12(13)16(25)20-22/h5-8H,9-11H2,1-4H3,(H,19,23)(H,20,25). The number of nitrogens with zero attached hydrogens (tertiary/aromatic N) is 2. The average Bonchev–Trinajstić information content (AvgIpc) is 2.54. The molecule has 0 radical (unpaired) electrons. The summed E-state index contributed by atoms with van der Waals surface area (Å²) in [5.74, 6) is -0.556. The molecule has 0 bridgehead atoms. The third-order valence-corrected chi connectivity index (χ3v) is 3.75. The Morgan fingerprint density at radius 3 is 2.38 bits per heavy atom. The van der Waals surface area contributed by atoms with E-state index in [1.807, 2.05) is 20.8 Å². The van der Waals surface area contributed by atoms with E-state index in [4.69, 9.17) is 0 Å². The number of aryl methyl sites for hydroxylation is 1. The fraction of sp³-hybridized carbons (Fsp3) is 0.444. The lowest BCUT2D eigenvalue weighted by Crippen LogP contribution is -2.46. The Labute approximate surface area is 150 Å². The minimum Gasteiger partial charge on any atom is -0.350 e. The number of fused-ring (bicyclic) bond motifs is 1. The van der Waals surface area contributed by atoms with Gasteiger partial charge < -0.3 is 10.2 Å². The number of amides is 2. The number of carbonyl (C=O) groups excluding carboxylic acids is 2. The number of aromatic nitrogens is 2. The summed E-state index contributed by atoms with van der Waals surface area (Å²) in [6, 6.07) is 6.52. The Kier molecular flexibility index (Phi) is 5.64. The molecule has 0 spiro atoms. The van der Waals surface area contributed by atoms with E-state index < -0.39 is 0 Å². The highest BCUT2D eigenvalue weighted by molar-refractivity contribution is 5.85. The predicted octanol–water partition coefficient (Wildman–Crippen LogP) is 0.453. The lowest BCUT2D eigenvalue weighted by Gasteiger charge is -2.23. The number of nitrogens with one attached hydrogen (secondary N) is 2. The molecule has 1 heterocycles. The van der Waals surface area contributed by atoms with Crippen molar-refractivity contribution in [3.8, 4) is 0 Å². The normalized spacial score (nSPS) is 11.4. The van der Waals surface area contributed by atoms with E-state index >= 15 is 0 Å². The van der Waals surface area contributed by atoms with Crippen molar-refractivity contribution in [2.45, 2.75) is 39.3 Å². The largest absolute Gasteiger partial charge is 0.350 e. The Balaban J connectivity index is 2.04. The van der Waals surface area contributed by atoms with Crippen LogP contribution in [0, 0.1) is 0 Å². The zero-order chi connectivity index (χ0) is 19.5. The van der Waals surface area contributed by atoms with E-state index in [2.05, 4.69) is 10.4 Å². The van der Waals surface area contributed by atoms with Crippen LogP contribution in [0.5, 0.6) is 0 Å². The number of H-pyrrole nitrogens is 1. The van der Waals surface area contributed by atoms with Gasteiger partial charge in [0.1, 0.15) is 0 Å². The summed E-state index contributed by atoms with van der Waals surface area (Å²) >= 11 is 0. The van der Waals surface area contributed by atoms with Crippen molar-refractivity contribution in [1.29, 1.82) is 0 Å². The first kappa shape index (κ1) is 19.4.